The molecule has 0 bridgehead atoms. The molecule has 1 amide bonds. The average Bonchev–Trinajstić information content (AvgIpc) is 3.08. The first-order valence-electron chi connectivity index (χ1n) is 8.50. The Labute approximate surface area is 173 Å². The number of guanidine groups is 1. The minimum absolute atomic E-state index is 0. The number of hydrogen-bond acceptors (Lipinski definition) is 5. The topological polar surface area (TPSA) is 75.2 Å². The van der Waals surface area contributed by atoms with E-state index in [1.54, 1.807) is 30.8 Å². The predicted molar refractivity (Wildman–Crippen MR) is 115 cm³/mol. The molecule has 25 heavy (non-hydrogen) atoms. The van der Waals surface area contributed by atoms with Crippen molar-refractivity contribution in [3.05, 3.63) is 0 Å². The monoisotopic (exact) mass is 488 g/mol. The van der Waals surface area contributed by atoms with Crippen LogP contribution in [0.15, 0.2) is 4.99 Å². The number of amides is 1. The maximum Gasteiger partial charge on any atom is 0.243 e. The van der Waals surface area contributed by atoms with E-state index in [0.717, 1.165) is 58.1 Å². The van der Waals surface area contributed by atoms with E-state index in [2.05, 4.69) is 21.9 Å². The number of carbonyl (C=O) groups is 1. The third-order valence-corrected chi connectivity index (χ3v) is 4.22. The van der Waals surface area contributed by atoms with Crippen LogP contribution >= 0.6 is 35.7 Å². The van der Waals surface area contributed by atoms with Crippen molar-refractivity contribution in [2.45, 2.75) is 12.8 Å². The summed E-state index contributed by atoms with van der Waals surface area (Å²) in [4.78, 5) is 17.5. The van der Waals surface area contributed by atoms with Crippen molar-refractivity contribution in [2.75, 3.05) is 72.2 Å². The lowest BCUT2D eigenvalue weighted by molar-refractivity contribution is -0.127. The number of hydrogen-bond donors (Lipinski definition) is 2. The second-order valence-corrected chi connectivity index (χ2v) is 6.94. The van der Waals surface area contributed by atoms with Crippen LogP contribution in [0, 0.1) is 5.92 Å². The summed E-state index contributed by atoms with van der Waals surface area (Å²) in [5.41, 5.74) is 0. The molecule has 2 N–H and O–H groups in total. The molecule has 1 rings (SSSR count). The molecule has 1 fully saturated rings. The predicted octanol–water partition coefficient (Wildman–Crippen LogP) is 1.03. The molecule has 0 aromatic rings. The molecule has 0 spiro atoms. The summed E-state index contributed by atoms with van der Waals surface area (Å²) in [5.74, 6) is 2.22. The van der Waals surface area contributed by atoms with E-state index in [-0.39, 0.29) is 36.4 Å². The highest BCUT2D eigenvalue weighted by Gasteiger charge is 2.15. The van der Waals surface area contributed by atoms with Gasteiger partial charge in [-0.3, -0.25) is 4.79 Å². The van der Waals surface area contributed by atoms with Gasteiger partial charge in [-0.1, -0.05) is 0 Å². The zero-order chi connectivity index (χ0) is 17.6. The van der Waals surface area contributed by atoms with Crippen molar-refractivity contribution in [3.8, 4) is 0 Å². The van der Waals surface area contributed by atoms with E-state index in [1.165, 1.54) is 0 Å². The fourth-order valence-electron chi connectivity index (χ4n) is 2.08. The number of rotatable bonds is 11. The van der Waals surface area contributed by atoms with Gasteiger partial charge in [-0.25, -0.2) is 4.99 Å². The molecule has 1 saturated heterocycles. The van der Waals surface area contributed by atoms with E-state index in [4.69, 9.17) is 9.47 Å². The minimum Gasteiger partial charge on any atom is -0.381 e. The van der Waals surface area contributed by atoms with Gasteiger partial charge in [0.25, 0.3) is 0 Å². The second-order valence-electron chi connectivity index (χ2n) is 5.96. The molecular weight excluding hydrogens is 455 g/mol. The van der Waals surface area contributed by atoms with E-state index >= 15 is 0 Å². The SMILES string of the molecule is CSCCNC(=NCC(=O)N(C)C)NCCCOCC1CCOC1.I. The third-order valence-electron chi connectivity index (χ3n) is 3.61. The van der Waals surface area contributed by atoms with Crippen LogP contribution in [0.3, 0.4) is 0 Å². The largest absolute Gasteiger partial charge is 0.381 e. The molecule has 0 saturated carbocycles. The summed E-state index contributed by atoms with van der Waals surface area (Å²) in [6, 6.07) is 0. The van der Waals surface area contributed by atoms with Crippen LogP contribution in [-0.4, -0.2) is 88.9 Å². The van der Waals surface area contributed by atoms with Crippen LogP contribution in [0.5, 0.6) is 0 Å². The number of likely N-dealkylation sites (N-methyl/N-ethyl adjacent to an activating group) is 1. The Bertz CT molecular complexity index is 380. The summed E-state index contributed by atoms with van der Waals surface area (Å²) < 4.78 is 11.0. The van der Waals surface area contributed by atoms with E-state index < -0.39 is 0 Å². The summed E-state index contributed by atoms with van der Waals surface area (Å²) >= 11 is 1.77. The van der Waals surface area contributed by atoms with Crippen molar-refractivity contribution in [1.82, 2.24) is 15.5 Å². The third kappa shape index (κ3) is 12.7. The lowest BCUT2D eigenvalue weighted by atomic mass is 10.1. The van der Waals surface area contributed by atoms with Crippen molar-refractivity contribution in [1.29, 1.82) is 0 Å². The lowest BCUT2D eigenvalue weighted by Gasteiger charge is -2.14. The zero-order valence-corrected chi connectivity index (χ0v) is 18.7. The smallest absolute Gasteiger partial charge is 0.243 e. The molecule has 9 heteroatoms. The molecule has 0 aliphatic carbocycles. The first-order valence-corrected chi connectivity index (χ1v) is 9.89. The first kappa shape index (κ1) is 24.7. The van der Waals surface area contributed by atoms with Crippen molar-refractivity contribution in [2.24, 2.45) is 10.9 Å². The van der Waals surface area contributed by atoms with E-state index in [0.29, 0.717) is 11.9 Å². The Morgan fingerprint density at radius 3 is 2.76 bits per heavy atom. The number of aliphatic imine (C=N–C) groups is 1. The van der Waals surface area contributed by atoms with Gasteiger partial charge in [0.05, 0.1) is 13.2 Å². The molecule has 0 radical (unpaired) electrons. The van der Waals surface area contributed by atoms with Gasteiger partial charge in [0, 0.05) is 52.1 Å². The summed E-state index contributed by atoms with van der Waals surface area (Å²) in [5, 5.41) is 6.50. The van der Waals surface area contributed by atoms with Gasteiger partial charge < -0.3 is 25.0 Å². The Hall–Kier alpha value is -0.260. The van der Waals surface area contributed by atoms with Crippen LogP contribution < -0.4 is 10.6 Å². The Morgan fingerprint density at radius 2 is 2.12 bits per heavy atom. The van der Waals surface area contributed by atoms with Crippen molar-refractivity contribution >= 4 is 47.6 Å². The Balaban J connectivity index is 0.00000576. The molecule has 148 valence electrons. The lowest BCUT2D eigenvalue weighted by Crippen LogP contribution is -2.40. The van der Waals surface area contributed by atoms with Gasteiger partial charge in [-0.05, 0) is 19.1 Å². The van der Waals surface area contributed by atoms with Crippen LogP contribution in [-0.2, 0) is 14.3 Å². The standard InChI is InChI=1S/C16H32N4O3S.HI/c1-20(2)15(21)11-19-16(18-7-10-24-3)17-6-4-8-22-12-14-5-9-23-13-14;/h14H,4-13H2,1-3H3,(H2,17,18,19);1H. The van der Waals surface area contributed by atoms with Gasteiger partial charge in [0.1, 0.15) is 6.54 Å². The maximum absolute atomic E-state index is 11.6. The number of nitrogens with zero attached hydrogens (tertiary/aromatic N) is 2. The fourth-order valence-corrected chi connectivity index (χ4v) is 2.39. The fraction of sp³-hybridized carbons (Fsp3) is 0.875. The van der Waals surface area contributed by atoms with E-state index in [9.17, 15) is 4.79 Å². The van der Waals surface area contributed by atoms with Crippen LogP contribution in [0.1, 0.15) is 12.8 Å². The highest BCUT2D eigenvalue weighted by molar-refractivity contribution is 14.0. The van der Waals surface area contributed by atoms with Crippen LogP contribution in [0.2, 0.25) is 0 Å². The number of nitrogens with one attached hydrogen (secondary N) is 2. The molecule has 1 aliphatic heterocycles. The summed E-state index contributed by atoms with van der Waals surface area (Å²) in [6.45, 7) is 4.93. The molecule has 1 atom stereocenters. The maximum atomic E-state index is 11.6. The van der Waals surface area contributed by atoms with Crippen molar-refractivity contribution < 1.29 is 14.3 Å². The van der Waals surface area contributed by atoms with Crippen LogP contribution in [0.25, 0.3) is 0 Å². The highest BCUT2D eigenvalue weighted by atomic mass is 127. The van der Waals surface area contributed by atoms with Gasteiger partial charge in [0.15, 0.2) is 5.96 Å². The number of ether oxygens (including phenoxy) is 2. The second kappa shape index (κ2) is 16.0. The van der Waals surface area contributed by atoms with Crippen LogP contribution in [0.4, 0.5) is 0 Å². The molecule has 0 aromatic carbocycles. The Morgan fingerprint density at radius 1 is 1.36 bits per heavy atom. The quantitative estimate of drug-likeness (QED) is 0.196. The minimum atomic E-state index is -0.0110. The number of carbonyl (C=O) groups excluding carboxylic acids is 1. The number of halogens is 1. The van der Waals surface area contributed by atoms with E-state index in [1.807, 2.05) is 0 Å². The highest BCUT2D eigenvalue weighted by Crippen LogP contribution is 2.12. The molecule has 1 aliphatic rings. The van der Waals surface area contributed by atoms with Gasteiger partial charge in [0.2, 0.25) is 5.91 Å². The number of thioether (sulfide) groups is 1. The molecular formula is C16H33IN4O3S. The van der Waals surface area contributed by atoms with Crippen molar-refractivity contribution in [3.63, 3.8) is 0 Å². The molecule has 0 aromatic heterocycles. The van der Waals surface area contributed by atoms with Gasteiger partial charge in [-0.15, -0.1) is 24.0 Å². The van der Waals surface area contributed by atoms with Gasteiger partial charge >= 0.3 is 0 Å². The first-order chi connectivity index (χ1) is 11.6. The average molecular weight is 488 g/mol. The Kier molecular flexibility index (Phi) is 15.8. The normalized spacial score (nSPS) is 17.1. The summed E-state index contributed by atoms with van der Waals surface area (Å²) in [7, 11) is 3.47. The molecule has 7 nitrogen and oxygen atoms in total. The zero-order valence-electron chi connectivity index (χ0n) is 15.6. The van der Waals surface area contributed by atoms with Gasteiger partial charge in [-0.2, -0.15) is 11.8 Å². The summed E-state index contributed by atoms with van der Waals surface area (Å²) in [6.07, 6.45) is 4.07. The molecule has 1 heterocycles. The molecule has 1 unspecified atom stereocenters.